The highest BCUT2D eigenvalue weighted by Gasteiger charge is 2.07. The molecule has 0 spiro atoms. The molecule has 0 radical (unpaired) electrons. The number of hydrogen-bond acceptors (Lipinski definition) is 4. The maximum absolute atomic E-state index is 11.5. The number of nitrogens with one attached hydrogen (secondary N) is 1. The quantitative estimate of drug-likeness (QED) is 0.650. The van der Waals surface area contributed by atoms with E-state index in [1.165, 1.54) is 7.11 Å². The van der Waals surface area contributed by atoms with Crippen LogP contribution in [0.2, 0.25) is 5.02 Å². The molecule has 0 aliphatic heterocycles. The molecule has 114 valence electrons. The zero-order chi connectivity index (χ0) is 15.9. The first kappa shape index (κ1) is 15.9. The fourth-order valence-electron chi connectivity index (χ4n) is 1.89. The lowest BCUT2D eigenvalue weighted by Crippen LogP contribution is -2.06. The van der Waals surface area contributed by atoms with Crippen LogP contribution in [-0.2, 0) is 4.74 Å². The molecule has 5 heteroatoms. The second kappa shape index (κ2) is 7.52. The third-order valence-corrected chi connectivity index (χ3v) is 3.32. The van der Waals surface area contributed by atoms with Gasteiger partial charge in [-0.2, -0.15) is 0 Å². The molecule has 0 heterocycles. The highest BCUT2D eigenvalue weighted by atomic mass is 35.5. The molecule has 0 atom stereocenters. The van der Waals surface area contributed by atoms with Gasteiger partial charge >= 0.3 is 5.97 Å². The van der Waals surface area contributed by atoms with Crippen molar-refractivity contribution in [3.8, 4) is 0 Å². The Kier molecular flexibility index (Phi) is 5.44. The van der Waals surface area contributed by atoms with Crippen molar-refractivity contribution in [1.29, 1.82) is 0 Å². The molecule has 2 rings (SSSR count). The van der Waals surface area contributed by atoms with Crippen molar-refractivity contribution in [2.45, 2.75) is 0 Å². The Morgan fingerprint density at radius 1 is 1.27 bits per heavy atom. The van der Waals surface area contributed by atoms with Crippen LogP contribution in [0, 0.1) is 0 Å². The molecule has 0 amide bonds. The zero-order valence-electron chi connectivity index (χ0n) is 12.2. The van der Waals surface area contributed by atoms with E-state index < -0.39 is 0 Å². The second-order valence-electron chi connectivity index (χ2n) is 4.63. The van der Waals surface area contributed by atoms with Crippen molar-refractivity contribution >= 4 is 35.0 Å². The molecule has 2 aromatic rings. The van der Waals surface area contributed by atoms with Crippen LogP contribution in [0.1, 0.15) is 15.9 Å². The van der Waals surface area contributed by atoms with Crippen LogP contribution in [0.5, 0.6) is 0 Å². The summed E-state index contributed by atoms with van der Waals surface area (Å²) in [6.07, 6.45) is 3.94. The standard InChI is InChI=1S/C17H17ClN2O2/c1-22-17(21)13-6-9-15(19)16(11-13)20-10-2-3-12-4-7-14(18)8-5-12/h2-9,11,20H,10,19H2,1H3/b3-2+. The number of carbonyl (C=O) groups is 1. The highest BCUT2D eigenvalue weighted by Crippen LogP contribution is 2.20. The molecule has 0 aliphatic carbocycles. The van der Waals surface area contributed by atoms with E-state index in [-0.39, 0.29) is 5.97 Å². The van der Waals surface area contributed by atoms with Gasteiger partial charge in [-0.05, 0) is 35.9 Å². The number of carbonyl (C=O) groups excluding carboxylic acids is 1. The summed E-state index contributed by atoms with van der Waals surface area (Å²) >= 11 is 5.83. The van der Waals surface area contributed by atoms with Gasteiger partial charge < -0.3 is 15.8 Å². The molecule has 3 N–H and O–H groups in total. The van der Waals surface area contributed by atoms with Gasteiger partial charge in [-0.15, -0.1) is 0 Å². The normalized spacial score (nSPS) is 10.6. The monoisotopic (exact) mass is 316 g/mol. The fraction of sp³-hybridized carbons (Fsp3) is 0.118. The van der Waals surface area contributed by atoms with Gasteiger partial charge in [0.2, 0.25) is 0 Å². The molecule has 0 saturated heterocycles. The molecule has 0 bridgehead atoms. The summed E-state index contributed by atoms with van der Waals surface area (Å²) in [5, 5.41) is 3.88. The van der Waals surface area contributed by atoms with E-state index >= 15 is 0 Å². The largest absolute Gasteiger partial charge is 0.465 e. The minimum absolute atomic E-state index is 0.389. The number of esters is 1. The lowest BCUT2D eigenvalue weighted by Gasteiger charge is -2.09. The number of halogens is 1. The Hall–Kier alpha value is -2.46. The topological polar surface area (TPSA) is 64.3 Å². The van der Waals surface area contributed by atoms with E-state index in [1.807, 2.05) is 36.4 Å². The summed E-state index contributed by atoms with van der Waals surface area (Å²) in [7, 11) is 1.35. The smallest absolute Gasteiger partial charge is 0.337 e. The molecular weight excluding hydrogens is 300 g/mol. The van der Waals surface area contributed by atoms with Crippen LogP contribution >= 0.6 is 11.6 Å². The molecule has 0 saturated carbocycles. The summed E-state index contributed by atoms with van der Waals surface area (Å²) < 4.78 is 4.69. The minimum Gasteiger partial charge on any atom is -0.465 e. The van der Waals surface area contributed by atoms with Gasteiger partial charge in [0.15, 0.2) is 0 Å². The van der Waals surface area contributed by atoms with Crippen molar-refractivity contribution < 1.29 is 9.53 Å². The Bertz CT molecular complexity index is 682. The van der Waals surface area contributed by atoms with Gasteiger partial charge in [0.25, 0.3) is 0 Å². The predicted molar refractivity (Wildman–Crippen MR) is 91.2 cm³/mol. The zero-order valence-corrected chi connectivity index (χ0v) is 12.9. The number of hydrogen-bond donors (Lipinski definition) is 2. The Morgan fingerprint density at radius 3 is 2.68 bits per heavy atom. The molecule has 4 nitrogen and oxygen atoms in total. The van der Waals surface area contributed by atoms with E-state index in [1.54, 1.807) is 18.2 Å². The van der Waals surface area contributed by atoms with E-state index in [2.05, 4.69) is 5.32 Å². The van der Waals surface area contributed by atoms with Gasteiger partial charge in [-0.3, -0.25) is 0 Å². The number of anilines is 2. The van der Waals surface area contributed by atoms with Crippen LogP contribution in [0.15, 0.2) is 48.5 Å². The molecular formula is C17H17ClN2O2. The number of ether oxygens (including phenoxy) is 1. The number of nitrogen functional groups attached to an aromatic ring is 1. The van der Waals surface area contributed by atoms with Crippen LogP contribution in [0.4, 0.5) is 11.4 Å². The average molecular weight is 317 g/mol. The van der Waals surface area contributed by atoms with Crippen molar-refractivity contribution in [2.24, 2.45) is 0 Å². The Morgan fingerprint density at radius 2 is 2.00 bits per heavy atom. The maximum Gasteiger partial charge on any atom is 0.337 e. The fourth-order valence-corrected chi connectivity index (χ4v) is 2.02. The third-order valence-electron chi connectivity index (χ3n) is 3.07. The first-order valence-corrected chi connectivity index (χ1v) is 7.12. The van der Waals surface area contributed by atoms with Crippen molar-refractivity contribution in [2.75, 3.05) is 24.7 Å². The second-order valence-corrected chi connectivity index (χ2v) is 5.06. The van der Waals surface area contributed by atoms with Crippen LogP contribution < -0.4 is 11.1 Å². The van der Waals surface area contributed by atoms with E-state index in [4.69, 9.17) is 22.1 Å². The number of benzene rings is 2. The van der Waals surface area contributed by atoms with Gasteiger partial charge in [0.1, 0.15) is 0 Å². The summed E-state index contributed by atoms with van der Waals surface area (Å²) in [4.78, 5) is 11.5. The Balaban J connectivity index is 1.99. The predicted octanol–water partition coefficient (Wildman–Crippen LogP) is 3.83. The molecule has 22 heavy (non-hydrogen) atoms. The van der Waals surface area contributed by atoms with Crippen molar-refractivity contribution in [3.63, 3.8) is 0 Å². The molecule has 0 aromatic heterocycles. The minimum atomic E-state index is -0.389. The lowest BCUT2D eigenvalue weighted by molar-refractivity contribution is 0.0601. The van der Waals surface area contributed by atoms with Gasteiger partial charge in [-0.25, -0.2) is 4.79 Å². The van der Waals surface area contributed by atoms with Crippen LogP contribution in [0.25, 0.3) is 6.08 Å². The molecule has 0 fully saturated rings. The van der Waals surface area contributed by atoms with Crippen molar-refractivity contribution in [3.05, 3.63) is 64.7 Å². The van der Waals surface area contributed by atoms with Crippen LogP contribution in [0.3, 0.4) is 0 Å². The van der Waals surface area contributed by atoms with Crippen molar-refractivity contribution in [1.82, 2.24) is 0 Å². The average Bonchev–Trinajstić information content (AvgIpc) is 2.54. The van der Waals surface area contributed by atoms with Gasteiger partial charge in [0, 0.05) is 11.6 Å². The van der Waals surface area contributed by atoms with Gasteiger partial charge in [0.05, 0.1) is 24.0 Å². The summed E-state index contributed by atoms with van der Waals surface area (Å²) in [5.74, 6) is -0.389. The summed E-state index contributed by atoms with van der Waals surface area (Å²) in [5.41, 5.74) is 8.68. The van der Waals surface area contributed by atoms with E-state index in [9.17, 15) is 4.79 Å². The first-order valence-electron chi connectivity index (χ1n) is 6.74. The molecule has 0 unspecified atom stereocenters. The number of nitrogens with two attached hydrogens (primary N) is 1. The number of rotatable bonds is 5. The number of methoxy groups -OCH3 is 1. The maximum atomic E-state index is 11.5. The SMILES string of the molecule is COC(=O)c1ccc(N)c(NC/C=C/c2ccc(Cl)cc2)c1. The Labute approximate surface area is 134 Å². The van der Waals surface area contributed by atoms with E-state index in [0.717, 1.165) is 5.56 Å². The third kappa shape index (κ3) is 4.27. The summed E-state index contributed by atoms with van der Waals surface area (Å²) in [6, 6.07) is 12.5. The van der Waals surface area contributed by atoms with E-state index in [0.29, 0.717) is 28.5 Å². The highest BCUT2D eigenvalue weighted by molar-refractivity contribution is 6.30. The summed E-state index contributed by atoms with van der Waals surface area (Å²) in [6.45, 7) is 0.581. The van der Waals surface area contributed by atoms with Crippen LogP contribution in [-0.4, -0.2) is 19.6 Å². The lowest BCUT2D eigenvalue weighted by atomic mass is 10.1. The molecule has 0 aliphatic rings. The van der Waals surface area contributed by atoms with Gasteiger partial charge in [-0.1, -0.05) is 35.9 Å². The first-order chi connectivity index (χ1) is 10.6. The molecule has 2 aromatic carbocycles.